The average molecular weight is 675 g/mol. The summed E-state index contributed by atoms with van der Waals surface area (Å²) in [6.45, 7) is 9.73. The zero-order valence-electron chi connectivity index (χ0n) is 29.4. The van der Waals surface area contributed by atoms with Crippen LogP contribution in [0, 0.1) is 13.8 Å². The molecule has 12 heteroatoms. The van der Waals surface area contributed by atoms with Crippen molar-refractivity contribution < 1.29 is 19.1 Å². The van der Waals surface area contributed by atoms with Gasteiger partial charge in [0.15, 0.2) is 0 Å². The van der Waals surface area contributed by atoms with E-state index in [-0.39, 0.29) is 36.9 Å². The Morgan fingerprint density at radius 1 is 0.640 bits per heavy atom. The van der Waals surface area contributed by atoms with Crippen LogP contribution in [0.2, 0.25) is 0 Å². The zero-order chi connectivity index (χ0) is 35.1. The summed E-state index contributed by atoms with van der Waals surface area (Å²) in [6.07, 6.45) is 3.04. The largest absolute Gasteiger partial charge is 0.469 e. The number of methoxy groups -OCH3 is 2. The number of hydrogen-bond donors (Lipinski definition) is 2. The molecule has 0 aliphatic carbocycles. The standard InChI is InChI=1S/C38H42N8O4/c1-19-23(7-9-35(47)49-5)31-18-32-24(8-10-36(48)50-6)20(2)28(42-32)16-33-38(26-12-14-40-46-26)22(4)30(44-33)17-34-37(25-11-13-39-45-25)21(3)29(43-34)15-27(19)41-31/h15-18,25-26,43-44H,7-14H2,1-6H3. The fraction of sp³-hybridized carbons (Fsp3) is 0.421. The lowest BCUT2D eigenvalue weighted by molar-refractivity contribution is -0.141. The van der Waals surface area contributed by atoms with Gasteiger partial charge in [-0.05, 0) is 111 Å². The molecule has 2 atom stereocenters. The summed E-state index contributed by atoms with van der Waals surface area (Å²) in [5.74, 6) is -0.571. The van der Waals surface area contributed by atoms with Gasteiger partial charge < -0.3 is 19.4 Å². The molecule has 2 unspecified atom stereocenters. The molecule has 0 spiro atoms. The van der Waals surface area contributed by atoms with E-state index in [2.05, 4.69) is 62.5 Å². The van der Waals surface area contributed by atoms with Gasteiger partial charge in [0.1, 0.15) is 0 Å². The highest BCUT2D eigenvalue weighted by Crippen LogP contribution is 2.41. The van der Waals surface area contributed by atoms with E-state index in [4.69, 9.17) is 19.4 Å². The second-order valence-electron chi connectivity index (χ2n) is 13.3. The van der Waals surface area contributed by atoms with Crippen molar-refractivity contribution in [3.05, 3.63) is 69.3 Å². The van der Waals surface area contributed by atoms with E-state index in [0.717, 1.165) is 102 Å². The molecule has 0 aromatic carbocycles. The van der Waals surface area contributed by atoms with Gasteiger partial charge in [-0.2, -0.15) is 20.5 Å². The van der Waals surface area contributed by atoms with Gasteiger partial charge >= 0.3 is 11.9 Å². The van der Waals surface area contributed by atoms with Crippen molar-refractivity contribution >= 4 is 56.3 Å². The Hall–Kier alpha value is -5.26. The van der Waals surface area contributed by atoms with Gasteiger partial charge in [-0.3, -0.25) is 9.59 Å². The van der Waals surface area contributed by atoms with Crippen LogP contribution < -0.4 is 0 Å². The van der Waals surface area contributed by atoms with Gasteiger partial charge in [-0.25, -0.2) is 9.97 Å². The molecule has 0 saturated carbocycles. The van der Waals surface area contributed by atoms with Crippen LogP contribution in [-0.4, -0.2) is 59.2 Å². The van der Waals surface area contributed by atoms with Crippen molar-refractivity contribution in [2.75, 3.05) is 27.3 Å². The summed E-state index contributed by atoms with van der Waals surface area (Å²) in [6, 6.07) is 8.23. The van der Waals surface area contributed by atoms with Gasteiger partial charge in [-0.15, -0.1) is 0 Å². The van der Waals surface area contributed by atoms with Crippen LogP contribution in [-0.2, 0) is 19.1 Å². The summed E-state index contributed by atoms with van der Waals surface area (Å²) in [5.41, 5.74) is 15.2. The molecule has 2 N–H and O–H groups in total. The van der Waals surface area contributed by atoms with Gasteiger partial charge in [0.05, 0.1) is 62.2 Å². The molecule has 4 aliphatic rings. The first-order valence-electron chi connectivity index (χ1n) is 17.2. The molecule has 0 amide bonds. The van der Waals surface area contributed by atoms with Crippen LogP contribution in [0.15, 0.2) is 44.7 Å². The predicted octanol–water partition coefficient (Wildman–Crippen LogP) is 8.49. The molecule has 258 valence electrons. The van der Waals surface area contributed by atoms with Crippen molar-refractivity contribution in [1.29, 1.82) is 0 Å². The zero-order valence-corrected chi connectivity index (χ0v) is 29.4. The third-order valence-electron chi connectivity index (χ3n) is 10.4. The lowest BCUT2D eigenvalue weighted by Crippen LogP contribution is -2.01. The van der Waals surface area contributed by atoms with Gasteiger partial charge in [0.25, 0.3) is 0 Å². The number of aromatic nitrogens is 4. The predicted molar refractivity (Wildman–Crippen MR) is 192 cm³/mol. The summed E-state index contributed by atoms with van der Waals surface area (Å²) >= 11 is 0. The van der Waals surface area contributed by atoms with Crippen molar-refractivity contribution in [1.82, 2.24) is 19.9 Å². The van der Waals surface area contributed by atoms with Gasteiger partial charge in [0.2, 0.25) is 0 Å². The van der Waals surface area contributed by atoms with E-state index in [1.165, 1.54) is 14.2 Å². The molecule has 7 heterocycles. The number of hydrogen-bond acceptors (Lipinski definition) is 10. The van der Waals surface area contributed by atoms with Crippen LogP contribution in [0.1, 0.15) is 109 Å². The summed E-state index contributed by atoms with van der Waals surface area (Å²) in [4.78, 5) is 42.4. The lowest BCUT2D eigenvalue weighted by atomic mass is 9.97. The highest BCUT2D eigenvalue weighted by atomic mass is 16.5. The number of aromatic amines is 2. The third-order valence-corrected chi connectivity index (χ3v) is 10.4. The molecule has 12 nitrogen and oxygen atoms in total. The number of carbonyl (C=O) groups is 2. The normalized spacial score (nSPS) is 18.4. The Morgan fingerprint density at radius 3 is 1.52 bits per heavy atom. The van der Waals surface area contributed by atoms with Gasteiger partial charge in [-0.1, -0.05) is 0 Å². The maximum atomic E-state index is 12.3. The summed E-state index contributed by atoms with van der Waals surface area (Å²) < 4.78 is 9.98. The van der Waals surface area contributed by atoms with E-state index in [0.29, 0.717) is 25.9 Å². The number of ether oxygens (including phenoxy) is 2. The van der Waals surface area contributed by atoms with Crippen molar-refractivity contribution in [2.24, 2.45) is 20.5 Å². The average Bonchev–Trinajstić information content (AvgIpc) is 3.96. The lowest BCUT2D eigenvalue weighted by Gasteiger charge is -2.06. The monoisotopic (exact) mass is 674 g/mol. The summed E-state index contributed by atoms with van der Waals surface area (Å²) in [7, 11) is 2.80. The van der Waals surface area contributed by atoms with Crippen molar-refractivity contribution in [3.63, 3.8) is 0 Å². The van der Waals surface area contributed by atoms with Crippen LogP contribution >= 0.6 is 0 Å². The molecular formula is C38H42N8O4. The Labute approximate surface area is 290 Å². The highest BCUT2D eigenvalue weighted by molar-refractivity contribution is 5.96. The molecular weight excluding hydrogens is 632 g/mol. The molecule has 0 radical (unpaired) electrons. The Morgan fingerprint density at radius 2 is 1.08 bits per heavy atom. The Balaban J connectivity index is 1.56. The minimum atomic E-state index is -0.286. The number of fused-ring (bicyclic) bond motifs is 8. The minimum Gasteiger partial charge on any atom is -0.469 e. The van der Waals surface area contributed by atoms with Crippen LogP contribution in [0.25, 0.3) is 44.4 Å². The number of aryl methyl sites for hydroxylation is 2. The number of H-pyrrole nitrogens is 2. The second-order valence-corrected chi connectivity index (χ2v) is 13.3. The maximum absolute atomic E-state index is 12.3. The van der Waals surface area contributed by atoms with E-state index in [1.54, 1.807) is 0 Å². The molecule has 0 saturated heterocycles. The SMILES string of the molecule is COC(=O)CCC1=C(C)c2cc3[nH]c(cc4[nH]c(cc5nc(cc1n2)C(CCC(=O)OC)=C5C)c(C1CCN=N1)c4C)c(C1CCN=N1)c3C. The van der Waals surface area contributed by atoms with E-state index < -0.39 is 0 Å². The molecule has 7 rings (SSSR count). The quantitative estimate of drug-likeness (QED) is 0.228. The number of carbonyl (C=O) groups excluding carboxylic acids is 2. The Kier molecular flexibility index (Phi) is 9.02. The molecule has 3 aromatic rings. The first-order valence-corrected chi connectivity index (χ1v) is 17.2. The minimum absolute atomic E-state index is 0.0444. The van der Waals surface area contributed by atoms with E-state index in [1.807, 2.05) is 19.9 Å². The molecule has 8 bridgehead atoms. The number of nitrogens with zero attached hydrogens (tertiary/aromatic N) is 6. The number of rotatable bonds is 8. The smallest absolute Gasteiger partial charge is 0.305 e. The number of azo groups is 2. The molecule has 4 aliphatic heterocycles. The van der Waals surface area contributed by atoms with Crippen LogP contribution in [0.5, 0.6) is 0 Å². The number of nitrogens with one attached hydrogen (secondary N) is 2. The van der Waals surface area contributed by atoms with E-state index in [9.17, 15) is 9.59 Å². The highest BCUT2D eigenvalue weighted by Gasteiger charge is 2.26. The first-order chi connectivity index (χ1) is 24.2. The van der Waals surface area contributed by atoms with Crippen LogP contribution in [0.4, 0.5) is 0 Å². The summed E-state index contributed by atoms with van der Waals surface area (Å²) in [5, 5.41) is 17.9. The molecule has 50 heavy (non-hydrogen) atoms. The third kappa shape index (κ3) is 6.07. The maximum Gasteiger partial charge on any atom is 0.305 e. The first kappa shape index (κ1) is 33.2. The van der Waals surface area contributed by atoms with Crippen molar-refractivity contribution in [3.8, 4) is 0 Å². The topological polar surface area (TPSA) is 159 Å². The fourth-order valence-electron chi connectivity index (χ4n) is 7.49. The van der Waals surface area contributed by atoms with Gasteiger partial charge in [0, 0.05) is 46.0 Å². The fourth-order valence-corrected chi connectivity index (χ4v) is 7.49. The number of allylic oxidation sites excluding steroid dienone is 4. The van der Waals surface area contributed by atoms with E-state index >= 15 is 0 Å². The van der Waals surface area contributed by atoms with Crippen molar-refractivity contribution in [2.45, 2.75) is 78.3 Å². The number of esters is 2. The second kappa shape index (κ2) is 13.6. The molecule has 3 aromatic heterocycles. The molecule has 0 fully saturated rings. The van der Waals surface area contributed by atoms with Crippen LogP contribution in [0.3, 0.4) is 0 Å². The Bertz CT molecular complexity index is 2200.